The van der Waals surface area contributed by atoms with Crippen LogP contribution in [-0.2, 0) is 0 Å². The Balaban J connectivity index is 2.18. The molecule has 0 spiro atoms. The van der Waals surface area contributed by atoms with E-state index < -0.39 is 16.0 Å². The van der Waals surface area contributed by atoms with Gasteiger partial charge in [-0.25, -0.2) is 8.78 Å². The third-order valence-electron chi connectivity index (χ3n) is 2.88. The monoisotopic (exact) mass is 292 g/mol. The summed E-state index contributed by atoms with van der Waals surface area (Å²) in [5, 5.41) is 5.25. The average Bonchev–Trinajstić information content (AvgIpc) is 2.93. The van der Waals surface area contributed by atoms with Crippen LogP contribution in [0.5, 0.6) is 0 Å². The van der Waals surface area contributed by atoms with Gasteiger partial charge in [-0.2, -0.15) is 0 Å². The molecule has 18 heavy (non-hydrogen) atoms. The summed E-state index contributed by atoms with van der Waals surface area (Å²) in [5.74, 6) is -1.47. The summed E-state index contributed by atoms with van der Waals surface area (Å²) in [7, 11) is 1.45. The number of halogens is 4. The van der Waals surface area contributed by atoms with Crippen LogP contribution < -0.4 is 10.6 Å². The quantitative estimate of drug-likeness (QED) is 0.816. The smallest absolute Gasteiger partial charge is 0.172 e. The number of anilines is 2. The largest absolute Gasteiger partial charge is 0.383 e. The molecule has 1 unspecified atom stereocenters. The van der Waals surface area contributed by atoms with Gasteiger partial charge in [0, 0.05) is 18.7 Å². The molecule has 0 aliphatic heterocycles. The van der Waals surface area contributed by atoms with Crippen LogP contribution in [0.15, 0.2) is 24.4 Å². The van der Waals surface area contributed by atoms with E-state index >= 15 is 0 Å². The van der Waals surface area contributed by atoms with Crippen LogP contribution in [0.3, 0.4) is 0 Å². The van der Waals surface area contributed by atoms with Crippen molar-refractivity contribution in [2.75, 3.05) is 17.7 Å². The van der Waals surface area contributed by atoms with Crippen molar-refractivity contribution < 1.29 is 8.78 Å². The normalized spacial score (nSPS) is 20.4. The van der Waals surface area contributed by atoms with Crippen molar-refractivity contribution >= 4 is 34.6 Å². The van der Waals surface area contributed by atoms with Gasteiger partial charge in [-0.3, -0.25) is 0 Å². The zero-order valence-electron chi connectivity index (χ0n) is 9.66. The minimum absolute atomic E-state index is 0.122. The number of benzene rings is 1. The van der Waals surface area contributed by atoms with Gasteiger partial charge in [-0.15, -0.1) is 23.2 Å². The second-order valence-corrected chi connectivity index (χ2v) is 5.74. The fourth-order valence-corrected chi connectivity index (χ4v) is 2.30. The lowest BCUT2D eigenvalue weighted by Gasteiger charge is -2.13. The number of hydrogen-bond donors (Lipinski definition) is 2. The van der Waals surface area contributed by atoms with E-state index in [9.17, 15) is 8.78 Å². The SMILES string of the molecule is C=C(Nc1ccc(F)c(NC)c1F)C1CC1(Cl)Cl. The van der Waals surface area contributed by atoms with Crippen LogP contribution in [0.1, 0.15) is 6.42 Å². The van der Waals surface area contributed by atoms with Crippen molar-refractivity contribution in [3.05, 3.63) is 36.0 Å². The molecule has 2 N–H and O–H groups in total. The molecular weight excluding hydrogens is 281 g/mol. The third kappa shape index (κ3) is 2.40. The van der Waals surface area contributed by atoms with Crippen molar-refractivity contribution in [1.82, 2.24) is 0 Å². The van der Waals surface area contributed by atoms with Crippen molar-refractivity contribution in [2.24, 2.45) is 5.92 Å². The van der Waals surface area contributed by atoms with Gasteiger partial charge in [-0.1, -0.05) is 6.58 Å². The highest BCUT2D eigenvalue weighted by Crippen LogP contribution is 2.56. The predicted octanol–water partition coefficient (Wildman–Crippen LogP) is 4.13. The van der Waals surface area contributed by atoms with Crippen LogP contribution >= 0.6 is 23.2 Å². The zero-order valence-corrected chi connectivity index (χ0v) is 11.2. The number of nitrogens with one attached hydrogen (secondary N) is 2. The van der Waals surface area contributed by atoms with Gasteiger partial charge in [0.15, 0.2) is 5.82 Å². The number of hydrogen-bond acceptors (Lipinski definition) is 2. The molecule has 2 rings (SSSR count). The zero-order chi connectivity index (χ0) is 13.5. The van der Waals surface area contributed by atoms with E-state index in [-0.39, 0.29) is 17.3 Å². The van der Waals surface area contributed by atoms with Crippen LogP contribution in [0.2, 0.25) is 0 Å². The Labute approximate surface area is 114 Å². The van der Waals surface area contributed by atoms with Crippen LogP contribution in [0.4, 0.5) is 20.2 Å². The molecule has 0 amide bonds. The minimum atomic E-state index is -0.827. The lowest BCUT2D eigenvalue weighted by atomic mass is 10.2. The first-order valence-corrected chi connectivity index (χ1v) is 6.12. The topological polar surface area (TPSA) is 24.1 Å². The Morgan fingerprint density at radius 2 is 2.06 bits per heavy atom. The Hall–Kier alpha value is -1.00. The van der Waals surface area contributed by atoms with E-state index in [2.05, 4.69) is 17.2 Å². The maximum Gasteiger partial charge on any atom is 0.172 e. The standard InChI is InChI=1S/C12H12Cl2F2N2/c1-6(7-5-12(7,13)14)18-9-4-3-8(15)11(17-2)10(9)16/h3-4,7,17-18H,1,5H2,2H3. The van der Waals surface area contributed by atoms with Gasteiger partial charge in [0.05, 0.1) is 5.69 Å². The van der Waals surface area contributed by atoms with Crippen molar-refractivity contribution in [3.63, 3.8) is 0 Å². The first-order chi connectivity index (χ1) is 8.36. The molecule has 6 heteroatoms. The highest BCUT2D eigenvalue weighted by Gasteiger charge is 2.53. The highest BCUT2D eigenvalue weighted by atomic mass is 35.5. The fraction of sp³-hybridized carbons (Fsp3) is 0.333. The fourth-order valence-electron chi connectivity index (χ4n) is 1.73. The number of alkyl halides is 2. The summed E-state index contributed by atoms with van der Waals surface area (Å²) < 4.78 is 26.3. The molecule has 1 saturated carbocycles. The molecular formula is C12H12Cl2F2N2. The minimum Gasteiger partial charge on any atom is -0.383 e. The van der Waals surface area contributed by atoms with E-state index in [1.54, 1.807) is 0 Å². The molecule has 0 saturated heterocycles. The van der Waals surface area contributed by atoms with E-state index in [0.717, 1.165) is 0 Å². The van der Waals surface area contributed by atoms with E-state index in [4.69, 9.17) is 23.2 Å². The number of rotatable bonds is 4. The Morgan fingerprint density at radius 3 is 2.56 bits per heavy atom. The molecule has 98 valence electrons. The summed E-state index contributed by atoms with van der Waals surface area (Å²) in [5.41, 5.74) is 0.473. The molecule has 1 atom stereocenters. The Bertz CT molecular complexity index is 503. The first-order valence-electron chi connectivity index (χ1n) is 5.36. The molecule has 1 aromatic carbocycles. The molecule has 1 fully saturated rings. The van der Waals surface area contributed by atoms with E-state index in [0.29, 0.717) is 12.1 Å². The van der Waals surface area contributed by atoms with Gasteiger partial charge < -0.3 is 10.6 Å². The predicted molar refractivity (Wildman–Crippen MR) is 71.2 cm³/mol. The molecule has 1 aliphatic rings. The lowest BCUT2D eigenvalue weighted by molar-refractivity contribution is 0.592. The average molecular weight is 293 g/mol. The van der Waals surface area contributed by atoms with E-state index in [1.807, 2.05) is 0 Å². The van der Waals surface area contributed by atoms with Gasteiger partial charge in [0.25, 0.3) is 0 Å². The second kappa shape index (κ2) is 4.59. The van der Waals surface area contributed by atoms with Gasteiger partial charge in [0.1, 0.15) is 15.8 Å². The molecule has 0 bridgehead atoms. The highest BCUT2D eigenvalue weighted by molar-refractivity contribution is 6.51. The Kier molecular flexibility index (Phi) is 3.43. The molecule has 0 heterocycles. The molecule has 1 aromatic rings. The van der Waals surface area contributed by atoms with Crippen LogP contribution in [0.25, 0.3) is 0 Å². The molecule has 0 radical (unpaired) electrons. The summed E-state index contributed by atoms with van der Waals surface area (Å²) >= 11 is 11.8. The van der Waals surface area contributed by atoms with Gasteiger partial charge >= 0.3 is 0 Å². The van der Waals surface area contributed by atoms with E-state index in [1.165, 1.54) is 19.2 Å². The van der Waals surface area contributed by atoms with Crippen molar-refractivity contribution in [3.8, 4) is 0 Å². The summed E-state index contributed by atoms with van der Waals surface area (Å²) in [6, 6.07) is 2.48. The Morgan fingerprint density at radius 1 is 1.44 bits per heavy atom. The number of allylic oxidation sites excluding steroid dienone is 1. The molecule has 0 aromatic heterocycles. The summed E-state index contributed by atoms with van der Waals surface area (Å²) in [4.78, 5) is 0. The maximum absolute atomic E-state index is 13.9. The van der Waals surface area contributed by atoms with Crippen LogP contribution in [-0.4, -0.2) is 11.4 Å². The lowest BCUT2D eigenvalue weighted by Crippen LogP contribution is -2.07. The summed E-state index contributed by atoms with van der Waals surface area (Å²) in [6.45, 7) is 3.77. The summed E-state index contributed by atoms with van der Waals surface area (Å²) in [6.07, 6.45) is 0.573. The second-order valence-electron chi connectivity index (χ2n) is 4.20. The third-order valence-corrected chi connectivity index (χ3v) is 3.72. The van der Waals surface area contributed by atoms with Crippen molar-refractivity contribution in [1.29, 1.82) is 0 Å². The van der Waals surface area contributed by atoms with Gasteiger partial charge in [0.2, 0.25) is 0 Å². The van der Waals surface area contributed by atoms with Crippen molar-refractivity contribution in [2.45, 2.75) is 10.8 Å². The maximum atomic E-state index is 13.9. The molecule has 1 aliphatic carbocycles. The van der Waals surface area contributed by atoms with Gasteiger partial charge in [-0.05, 0) is 18.6 Å². The van der Waals surface area contributed by atoms with Crippen LogP contribution in [0, 0.1) is 17.6 Å². The first kappa shape index (κ1) is 13.4. The molecule has 2 nitrogen and oxygen atoms in total.